The Hall–Kier alpha value is -3.07. The van der Waals surface area contributed by atoms with Crippen LogP contribution in [-0.4, -0.2) is 21.0 Å². The highest BCUT2D eigenvalue weighted by Crippen LogP contribution is 2.36. The zero-order valence-corrected chi connectivity index (χ0v) is 20.5. The van der Waals surface area contributed by atoms with Gasteiger partial charge >= 0.3 is 0 Å². The van der Waals surface area contributed by atoms with E-state index in [9.17, 15) is 4.79 Å². The summed E-state index contributed by atoms with van der Waals surface area (Å²) in [6.45, 7) is 2.01. The van der Waals surface area contributed by atoms with Crippen LogP contribution < -0.4 is 4.90 Å². The van der Waals surface area contributed by atoms with Crippen molar-refractivity contribution in [2.75, 3.05) is 4.90 Å². The van der Waals surface area contributed by atoms with Crippen molar-refractivity contribution in [1.29, 1.82) is 0 Å². The van der Waals surface area contributed by atoms with Crippen LogP contribution in [0.4, 0.5) is 5.13 Å². The number of pyridine rings is 1. The zero-order chi connectivity index (χ0) is 22.9. The molecule has 0 bridgehead atoms. The first-order valence-corrected chi connectivity index (χ1v) is 12.0. The Bertz CT molecular complexity index is 1470. The lowest BCUT2D eigenvalue weighted by molar-refractivity contribution is 0.0984. The van der Waals surface area contributed by atoms with Gasteiger partial charge in [-0.15, -0.1) is 0 Å². The number of thiazole rings is 1. The molecule has 0 saturated carbocycles. The number of halogens is 2. The van der Waals surface area contributed by atoms with Crippen molar-refractivity contribution in [3.8, 4) is 11.3 Å². The molecule has 164 valence electrons. The van der Waals surface area contributed by atoms with Crippen LogP contribution in [0.1, 0.15) is 21.7 Å². The highest BCUT2D eigenvalue weighted by Gasteiger charge is 2.30. The fraction of sp³-hybridized carbons (Fsp3) is 0.0833. The van der Waals surface area contributed by atoms with Crippen molar-refractivity contribution in [1.82, 2.24) is 15.1 Å². The largest absolute Gasteiger partial charge is 0.360 e. The van der Waals surface area contributed by atoms with Crippen LogP contribution in [0.25, 0.3) is 21.5 Å². The predicted octanol–water partition coefficient (Wildman–Crippen LogP) is 6.92. The number of fused-ring (bicyclic) bond motifs is 1. The van der Waals surface area contributed by atoms with E-state index in [1.165, 1.54) is 11.3 Å². The molecular weight excluding hydrogens is 524 g/mol. The number of hydrogen-bond acceptors (Lipinski definition) is 6. The molecule has 33 heavy (non-hydrogen) atoms. The molecule has 0 aliphatic rings. The molecule has 5 aromatic rings. The lowest BCUT2D eigenvalue weighted by atomic mass is 10.0. The summed E-state index contributed by atoms with van der Waals surface area (Å²) in [7, 11) is 0. The molecule has 3 aromatic heterocycles. The van der Waals surface area contributed by atoms with E-state index in [2.05, 4.69) is 26.1 Å². The summed E-state index contributed by atoms with van der Waals surface area (Å²) in [6, 6.07) is 16.9. The van der Waals surface area contributed by atoms with Gasteiger partial charge in [-0.25, -0.2) is 4.98 Å². The van der Waals surface area contributed by atoms with Crippen LogP contribution in [0.2, 0.25) is 5.02 Å². The Kier molecular flexibility index (Phi) is 5.97. The maximum atomic E-state index is 14.0. The van der Waals surface area contributed by atoms with E-state index in [0.29, 0.717) is 39.3 Å². The summed E-state index contributed by atoms with van der Waals surface area (Å²) in [5, 5.41) is 5.22. The lowest BCUT2D eigenvalue weighted by Gasteiger charge is -2.20. The van der Waals surface area contributed by atoms with E-state index in [1.807, 2.05) is 48.5 Å². The third-order valence-corrected chi connectivity index (χ3v) is 6.95. The van der Waals surface area contributed by atoms with Gasteiger partial charge in [-0.1, -0.05) is 68.3 Å². The number of aromatic nitrogens is 3. The van der Waals surface area contributed by atoms with Crippen LogP contribution in [0.3, 0.4) is 0 Å². The van der Waals surface area contributed by atoms with E-state index in [1.54, 1.807) is 30.3 Å². The van der Waals surface area contributed by atoms with Gasteiger partial charge in [0.15, 0.2) is 5.13 Å². The average Bonchev–Trinajstić information content (AvgIpc) is 3.41. The molecule has 0 spiro atoms. The van der Waals surface area contributed by atoms with Crippen LogP contribution in [0.5, 0.6) is 0 Å². The third kappa shape index (κ3) is 4.29. The molecule has 2 aromatic carbocycles. The second-order valence-electron chi connectivity index (χ2n) is 7.30. The molecule has 0 fully saturated rings. The number of benzene rings is 2. The summed E-state index contributed by atoms with van der Waals surface area (Å²) >= 11 is 11.4. The highest BCUT2D eigenvalue weighted by atomic mass is 79.9. The van der Waals surface area contributed by atoms with Gasteiger partial charge in [0.25, 0.3) is 5.91 Å². The number of anilines is 1. The molecular formula is C24H16BrClN4O2S. The Morgan fingerprint density at radius 2 is 2.03 bits per heavy atom. The molecule has 0 radical (unpaired) electrons. The van der Waals surface area contributed by atoms with E-state index in [-0.39, 0.29) is 5.91 Å². The quantitative estimate of drug-likeness (QED) is 0.242. The number of carbonyl (C=O) groups is 1. The molecule has 0 saturated heterocycles. The lowest BCUT2D eigenvalue weighted by Crippen LogP contribution is -2.31. The van der Waals surface area contributed by atoms with E-state index in [0.717, 1.165) is 20.3 Å². The van der Waals surface area contributed by atoms with E-state index in [4.69, 9.17) is 21.1 Å². The number of amides is 1. The topological polar surface area (TPSA) is 72.1 Å². The molecule has 5 rings (SSSR count). The Balaban J connectivity index is 1.63. The molecule has 9 heteroatoms. The maximum Gasteiger partial charge on any atom is 0.266 e. The van der Waals surface area contributed by atoms with Crippen molar-refractivity contribution < 1.29 is 9.32 Å². The second-order valence-corrected chi connectivity index (χ2v) is 9.64. The fourth-order valence-corrected chi connectivity index (χ4v) is 5.24. The minimum absolute atomic E-state index is 0.273. The van der Waals surface area contributed by atoms with Gasteiger partial charge < -0.3 is 4.52 Å². The van der Waals surface area contributed by atoms with Crippen LogP contribution in [0.15, 0.2) is 76.0 Å². The molecule has 3 heterocycles. The van der Waals surface area contributed by atoms with Crippen LogP contribution in [-0.2, 0) is 6.54 Å². The standard InChI is InChI=1S/C24H16BrClN4O2S/c1-14-21(22(29-32-14)17-6-2-3-7-18(17)26)23(31)30(13-15-5-4-10-27-12-15)24-28-19-9-8-16(25)11-20(19)33-24/h2-12H,13H2,1H3. The first-order valence-electron chi connectivity index (χ1n) is 9.99. The molecule has 0 aliphatic carbocycles. The number of aryl methyl sites for hydroxylation is 1. The van der Waals surface area contributed by atoms with Crippen molar-refractivity contribution in [3.63, 3.8) is 0 Å². The molecule has 0 N–H and O–H groups in total. The number of rotatable bonds is 5. The minimum Gasteiger partial charge on any atom is -0.360 e. The summed E-state index contributed by atoms with van der Waals surface area (Å²) in [5.41, 5.74) is 3.08. The number of carbonyl (C=O) groups excluding carboxylic acids is 1. The summed E-state index contributed by atoms with van der Waals surface area (Å²) in [5.74, 6) is 0.139. The van der Waals surface area contributed by atoms with E-state index < -0.39 is 0 Å². The first-order chi connectivity index (χ1) is 16.0. The molecule has 6 nitrogen and oxygen atoms in total. The van der Waals surface area contributed by atoms with Crippen molar-refractivity contribution in [3.05, 3.63) is 93.4 Å². The molecule has 1 amide bonds. The average molecular weight is 540 g/mol. The monoisotopic (exact) mass is 538 g/mol. The van der Waals surface area contributed by atoms with Crippen LogP contribution >= 0.6 is 38.9 Å². The normalized spacial score (nSPS) is 11.1. The summed E-state index contributed by atoms with van der Waals surface area (Å²) in [4.78, 5) is 24.6. The van der Waals surface area contributed by atoms with Crippen LogP contribution in [0, 0.1) is 6.92 Å². The molecule has 0 unspecified atom stereocenters. The van der Waals surface area contributed by atoms with Crippen molar-refractivity contribution in [2.24, 2.45) is 0 Å². The van der Waals surface area contributed by atoms with Crippen molar-refractivity contribution in [2.45, 2.75) is 13.5 Å². The SMILES string of the molecule is Cc1onc(-c2ccccc2Cl)c1C(=O)N(Cc1cccnc1)c1nc2ccc(Br)cc2s1. The summed E-state index contributed by atoms with van der Waals surface area (Å²) < 4.78 is 7.36. The summed E-state index contributed by atoms with van der Waals surface area (Å²) in [6.07, 6.45) is 3.43. The van der Waals surface area contributed by atoms with Gasteiger partial charge in [0.2, 0.25) is 0 Å². The Morgan fingerprint density at radius 1 is 1.18 bits per heavy atom. The molecule has 0 aliphatic heterocycles. The molecule has 0 atom stereocenters. The highest BCUT2D eigenvalue weighted by molar-refractivity contribution is 9.10. The van der Waals surface area contributed by atoms with Gasteiger partial charge in [0.1, 0.15) is 17.0 Å². The third-order valence-electron chi connectivity index (χ3n) is 5.08. The Morgan fingerprint density at radius 3 is 2.82 bits per heavy atom. The second kappa shape index (κ2) is 9.05. The fourth-order valence-electron chi connectivity index (χ4n) is 3.50. The Labute approximate surface area is 207 Å². The van der Waals surface area contributed by atoms with E-state index >= 15 is 0 Å². The van der Waals surface area contributed by atoms with Gasteiger partial charge in [-0.2, -0.15) is 0 Å². The maximum absolute atomic E-state index is 14.0. The predicted molar refractivity (Wildman–Crippen MR) is 134 cm³/mol. The number of nitrogens with zero attached hydrogens (tertiary/aromatic N) is 4. The van der Waals surface area contributed by atoms with Crippen molar-refractivity contribution >= 4 is 60.1 Å². The number of hydrogen-bond donors (Lipinski definition) is 0. The van der Waals surface area contributed by atoms with Gasteiger partial charge in [0, 0.05) is 22.4 Å². The smallest absolute Gasteiger partial charge is 0.266 e. The van der Waals surface area contributed by atoms with Gasteiger partial charge in [-0.3, -0.25) is 14.7 Å². The first kappa shape index (κ1) is 21.8. The van der Waals surface area contributed by atoms with Gasteiger partial charge in [0.05, 0.1) is 21.8 Å². The van der Waals surface area contributed by atoms with Gasteiger partial charge in [-0.05, 0) is 42.8 Å². The minimum atomic E-state index is -0.273. The zero-order valence-electron chi connectivity index (χ0n) is 17.3.